The monoisotopic (exact) mass is 239 g/mol. The van der Waals surface area contributed by atoms with Crippen molar-refractivity contribution in [3.8, 4) is 16.9 Å². The quantitative estimate of drug-likeness (QED) is 0.778. The number of phenols is 1. The lowest BCUT2D eigenvalue weighted by Gasteiger charge is -2.14. The van der Waals surface area contributed by atoms with E-state index in [9.17, 15) is 5.11 Å². The number of nitrogens with two attached hydrogens (primary N) is 1. The molecule has 0 saturated carbocycles. The lowest BCUT2D eigenvalue weighted by molar-refractivity contribution is 0.474. The van der Waals surface area contributed by atoms with Gasteiger partial charge in [0.1, 0.15) is 5.75 Å². The fraction of sp³-hybridized carbons (Fsp3) is 0.125. The first-order chi connectivity index (χ1) is 8.65. The van der Waals surface area contributed by atoms with Crippen LogP contribution in [-0.4, -0.2) is 5.11 Å². The highest BCUT2D eigenvalue weighted by molar-refractivity contribution is 5.84. The maximum Gasteiger partial charge on any atom is 0.125 e. The number of hydrogen-bond acceptors (Lipinski definition) is 2. The third-order valence-electron chi connectivity index (χ3n) is 3.03. The minimum atomic E-state index is 0.225. The van der Waals surface area contributed by atoms with Gasteiger partial charge in [-0.15, -0.1) is 0 Å². The molecule has 0 heterocycles. The van der Waals surface area contributed by atoms with Crippen LogP contribution in [0, 0.1) is 6.92 Å². The van der Waals surface area contributed by atoms with Gasteiger partial charge in [-0.05, 0) is 25.0 Å². The second kappa shape index (κ2) is 4.96. The Hall–Kier alpha value is -2.22. The van der Waals surface area contributed by atoms with Crippen molar-refractivity contribution in [2.75, 3.05) is 5.73 Å². The molecule has 0 bridgehead atoms. The zero-order chi connectivity index (χ0) is 13.1. The predicted molar refractivity (Wildman–Crippen MR) is 77.4 cm³/mol. The van der Waals surface area contributed by atoms with E-state index in [-0.39, 0.29) is 5.75 Å². The van der Waals surface area contributed by atoms with Crippen molar-refractivity contribution < 1.29 is 5.11 Å². The summed E-state index contributed by atoms with van der Waals surface area (Å²) in [6.07, 6.45) is 3.81. The number of rotatable bonds is 2. The van der Waals surface area contributed by atoms with E-state index in [1.54, 1.807) is 6.07 Å². The van der Waals surface area contributed by atoms with Gasteiger partial charge in [-0.1, -0.05) is 42.5 Å². The van der Waals surface area contributed by atoms with Gasteiger partial charge in [0.15, 0.2) is 0 Å². The summed E-state index contributed by atoms with van der Waals surface area (Å²) in [4.78, 5) is 0. The third kappa shape index (κ3) is 2.09. The summed E-state index contributed by atoms with van der Waals surface area (Å²) in [6.45, 7) is 3.91. The Morgan fingerprint density at radius 3 is 2.44 bits per heavy atom. The Balaban J connectivity index is 2.72. The van der Waals surface area contributed by atoms with Crippen LogP contribution in [0.25, 0.3) is 17.2 Å². The molecule has 0 amide bonds. The Labute approximate surface area is 107 Å². The molecule has 0 unspecified atom stereocenters. The van der Waals surface area contributed by atoms with E-state index in [1.807, 2.05) is 56.3 Å². The fourth-order valence-corrected chi connectivity index (χ4v) is 2.21. The first kappa shape index (κ1) is 12.2. The Bertz CT molecular complexity index is 586. The second-order valence-corrected chi connectivity index (χ2v) is 4.26. The van der Waals surface area contributed by atoms with Crippen molar-refractivity contribution in [2.24, 2.45) is 0 Å². The molecule has 2 nitrogen and oxygen atoms in total. The lowest BCUT2D eigenvalue weighted by atomic mass is 9.94. The Morgan fingerprint density at radius 2 is 1.83 bits per heavy atom. The first-order valence-electron chi connectivity index (χ1n) is 5.95. The zero-order valence-corrected chi connectivity index (χ0v) is 10.6. The molecule has 0 fully saturated rings. The molecule has 0 atom stereocenters. The zero-order valence-electron chi connectivity index (χ0n) is 10.6. The molecule has 2 rings (SSSR count). The van der Waals surface area contributed by atoms with Gasteiger partial charge >= 0.3 is 0 Å². The van der Waals surface area contributed by atoms with Gasteiger partial charge in [-0.3, -0.25) is 0 Å². The molecule has 2 aromatic rings. The molecule has 0 aliphatic heterocycles. The summed E-state index contributed by atoms with van der Waals surface area (Å²) in [5.74, 6) is 0.225. The molecule has 18 heavy (non-hydrogen) atoms. The van der Waals surface area contributed by atoms with Gasteiger partial charge in [-0.25, -0.2) is 0 Å². The standard InChI is InChI=1S/C16H17NO/c1-3-7-13-11(2)16(14(17)10-15(13)18)12-8-5-4-6-9-12/h3-10,18H,17H2,1-2H3/b7-3-. The van der Waals surface area contributed by atoms with Crippen molar-refractivity contribution in [3.05, 3.63) is 53.6 Å². The summed E-state index contributed by atoms with van der Waals surface area (Å²) >= 11 is 0. The first-order valence-corrected chi connectivity index (χ1v) is 5.95. The van der Waals surface area contributed by atoms with E-state index in [2.05, 4.69) is 0 Å². The molecule has 2 aromatic carbocycles. The largest absolute Gasteiger partial charge is 0.507 e. The highest BCUT2D eigenvalue weighted by atomic mass is 16.3. The minimum absolute atomic E-state index is 0.225. The molecule has 0 aliphatic carbocycles. The molecular formula is C16H17NO. The molecule has 0 aromatic heterocycles. The second-order valence-electron chi connectivity index (χ2n) is 4.26. The topological polar surface area (TPSA) is 46.2 Å². The number of hydrogen-bond donors (Lipinski definition) is 2. The van der Waals surface area contributed by atoms with Crippen molar-refractivity contribution in [3.63, 3.8) is 0 Å². The van der Waals surface area contributed by atoms with Crippen LogP contribution in [0.5, 0.6) is 5.75 Å². The van der Waals surface area contributed by atoms with Gasteiger partial charge < -0.3 is 10.8 Å². The van der Waals surface area contributed by atoms with Crippen LogP contribution in [0.1, 0.15) is 18.1 Å². The van der Waals surface area contributed by atoms with Crippen LogP contribution in [0.4, 0.5) is 5.69 Å². The van der Waals surface area contributed by atoms with Crippen LogP contribution in [0.15, 0.2) is 42.5 Å². The number of anilines is 1. The van der Waals surface area contributed by atoms with Gasteiger partial charge in [0.05, 0.1) is 0 Å². The van der Waals surface area contributed by atoms with E-state index in [4.69, 9.17) is 5.73 Å². The molecule has 0 radical (unpaired) electrons. The maximum absolute atomic E-state index is 9.94. The van der Waals surface area contributed by atoms with Gasteiger partial charge in [0.2, 0.25) is 0 Å². The summed E-state index contributed by atoms with van der Waals surface area (Å²) in [5.41, 5.74) is 10.5. The van der Waals surface area contributed by atoms with E-state index >= 15 is 0 Å². The summed E-state index contributed by atoms with van der Waals surface area (Å²) in [5, 5.41) is 9.94. The molecule has 2 heteroatoms. The van der Waals surface area contributed by atoms with E-state index in [1.165, 1.54) is 0 Å². The van der Waals surface area contributed by atoms with Gasteiger partial charge in [0, 0.05) is 22.9 Å². The van der Waals surface area contributed by atoms with E-state index < -0.39 is 0 Å². The number of phenolic OH excluding ortho intramolecular Hbond substituents is 1. The van der Waals surface area contributed by atoms with E-state index in [0.29, 0.717) is 5.69 Å². The van der Waals surface area contributed by atoms with Gasteiger partial charge in [0.25, 0.3) is 0 Å². The van der Waals surface area contributed by atoms with Crippen LogP contribution in [-0.2, 0) is 0 Å². The highest BCUT2D eigenvalue weighted by Gasteiger charge is 2.12. The number of allylic oxidation sites excluding steroid dienone is 1. The SMILES string of the molecule is C/C=C\c1c(O)cc(N)c(-c2ccccc2)c1C. The number of nitrogen functional groups attached to an aromatic ring is 1. The number of benzene rings is 2. The third-order valence-corrected chi connectivity index (χ3v) is 3.03. The molecule has 3 N–H and O–H groups in total. The van der Waals surface area contributed by atoms with Crippen molar-refractivity contribution >= 4 is 11.8 Å². The number of aromatic hydroxyl groups is 1. The van der Waals surface area contributed by atoms with Crippen LogP contribution >= 0.6 is 0 Å². The molecule has 0 saturated heterocycles. The van der Waals surface area contributed by atoms with Crippen molar-refractivity contribution in [2.45, 2.75) is 13.8 Å². The van der Waals surface area contributed by atoms with Crippen molar-refractivity contribution in [1.29, 1.82) is 0 Å². The molecule has 92 valence electrons. The molecular weight excluding hydrogens is 222 g/mol. The maximum atomic E-state index is 9.94. The summed E-state index contributed by atoms with van der Waals surface area (Å²) < 4.78 is 0. The molecule has 0 aliphatic rings. The normalized spacial score (nSPS) is 11.0. The minimum Gasteiger partial charge on any atom is -0.507 e. The van der Waals surface area contributed by atoms with Crippen LogP contribution < -0.4 is 5.73 Å². The summed E-state index contributed by atoms with van der Waals surface area (Å²) in [7, 11) is 0. The molecule has 0 spiro atoms. The van der Waals surface area contributed by atoms with Gasteiger partial charge in [-0.2, -0.15) is 0 Å². The average molecular weight is 239 g/mol. The fourth-order valence-electron chi connectivity index (χ4n) is 2.21. The van der Waals surface area contributed by atoms with Crippen LogP contribution in [0.3, 0.4) is 0 Å². The smallest absolute Gasteiger partial charge is 0.125 e. The predicted octanol–water partition coefficient (Wildman–Crippen LogP) is 3.98. The van der Waals surface area contributed by atoms with Crippen molar-refractivity contribution in [1.82, 2.24) is 0 Å². The Kier molecular flexibility index (Phi) is 3.38. The highest BCUT2D eigenvalue weighted by Crippen LogP contribution is 2.37. The van der Waals surface area contributed by atoms with Crippen LogP contribution in [0.2, 0.25) is 0 Å². The lowest BCUT2D eigenvalue weighted by Crippen LogP contribution is -1.96. The Morgan fingerprint density at radius 1 is 1.17 bits per heavy atom. The summed E-state index contributed by atoms with van der Waals surface area (Å²) in [6, 6.07) is 11.6. The van der Waals surface area contributed by atoms with E-state index in [0.717, 1.165) is 22.3 Å². The average Bonchev–Trinajstić information content (AvgIpc) is 2.35.